The molecule has 0 saturated heterocycles. The summed E-state index contributed by atoms with van der Waals surface area (Å²) in [6.45, 7) is 6.68. The molecule has 0 unspecified atom stereocenters. The lowest BCUT2D eigenvalue weighted by Gasteiger charge is -2.21. The van der Waals surface area contributed by atoms with Crippen LogP contribution in [0.1, 0.15) is 33.0 Å². The van der Waals surface area contributed by atoms with Crippen molar-refractivity contribution in [2.24, 2.45) is 12.5 Å². The molecule has 0 bridgehead atoms. The molecule has 1 rings (SSSR count). The molecule has 0 amide bonds. The summed E-state index contributed by atoms with van der Waals surface area (Å²) in [6.07, 6.45) is 2.11. The third-order valence-corrected chi connectivity index (χ3v) is 2.93. The summed E-state index contributed by atoms with van der Waals surface area (Å²) in [6, 6.07) is 0. The van der Waals surface area contributed by atoms with Crippen molar-refractivity contribution in [1.82, 2.24) is 14.8 Å². The first-order valence-corrected chi connectivity index (χ1v) is 4.97. The molecule has 0 atom stereocenters. The second-order valence-corrected chi connectivity index (χ2v) is 4.59. The fraction of sp³-hybridized carbons (Fsp3) is 0.778. The van der Waals surface area contributed by atoms with Crippen LogP contribution in [0.25, 0.3) is 0 Å². The Labute approximate surface area is 84.2 Å². The third-order valence-electron chi connectivity index (χ3n) is 2.57. The second-order valence-electron chi connectivity index (χ2n) is 4.20. The first kappa shape index (κ1) is 10.4. The summed E-state index contributed by atoms with van der Waals surface area (Å²) in [7, 11) is 1.95. The lowest BCUT2D eigenvalue weighted by atomic mass is 9.86. The van der Waals surface area contributed by atoms with Crippen LogP contribution in [0.2, 0.25) is 0 Å². The van der Waals surface area contributed by atoms with Gasteiger partial charge in [0.1, 0.15) is 5.82 Å². The van der Waals surface area contributed by atoms with Gasteiger partial charge in [-0.1, -0.05) is 27.2 Å². The van der Waals surface area contributed by atoms with Crippen molar-refractivity contribution in [2.45, 2.75) is 33.6 Å². The van der Waals surface area contributed by atoms with E-state index in [-0.39, 0.29) is 0 Å². The van der Waals surface area contributed by atoms with E-state index in [9.17, 15) is 0 Å². The molecular weight excluding hydrogens is 182 g/mol. The molecule has 0 aliphatic rings. The molecule has 0 radical (unpaired) electrons. The van der Waals surface area contributed by atoms with Crippen molar-refractivity contribution in [3.63, 3.8) is 0 Å². The Hall–Kier alpha value is -0.640. The number of rotatable bonds is 3. The van der Waals surface area contributed by atoms with E-state index in [1.54, 1.807) is 0 Å². The molecule has 0 fully saturated rings. The number of H-pyrrole nitrogens is 1. The highest BCUT2D eigenvalue weighted by atomic mass is 32.1. The zero-order valence-corrected chi connectivity index (χ0v) is 9.53. The van der Waals surface area contributed by atoms with Gasteiger partial charge in [-0.3, -0.25) is 5.10 Å². The fourth-order valence-electron chi connectivity index (χ4n) is 1.09. The largest absolute Gasteiger partial charge is 0.307 e. The zero-order chi connectivity index (χ0) is 10.1. The van der Waals surface area contributed by atoms with Gasteiger partial charge in [0.05, 0.1) is 0 Å². The minimum Gasteiger partial charge on any atom is -0.307 e. The smallest absolute Gasteiger partial charge is 0.194 e. The first-order valence-electron chi connectivity index (χ1n) is 4.56. The van der Waals surface area contributed by atoms with Crippen LogP contribution < -0.4 is 0 Å². The number of nitrogens with one attached hydrogen (secondary N) is 1. The van der Waals surface area contributed by atoms with E-state index in [2.05, 4.69) is 31.0 Å². The minimum absolute atomic E-state index is 0.300. The summed E-state index contributed by atoms with van der Waals surface area (Å²) >= 11 is 5.04. The Morgan fingerprint density at radius 1 is 1.54 bits per heavy atom. The molecule has 13 heavy (non-hydrogen) atoms. The van der Waals surface area contributed by atoms with E-state index < -0.39 is 0 Å². The molecule has 3 nitrogen and oxygen atoms in total. The van der Waals surface area contributed by atoms with Gasteiger partial charge in [-0.2, -0.15) is 5.10 Å². The van der Waals surface area contributed by atoms with E-state index in [0.29, 0.717) is 10.2 Å². The number of hydrogen-bond acceptors (Lipinski definition) is 2. The maximum Gasteiger partial charge on any atom is 0.194 e. The molecular formula is C9H17N3S. The van der Waals surface area contributed by atoms with Crippen LogP contribution in [-0.4, -0.2) is 14.8 Å². The first-order chi connectivity index (χ1) is 5.96. The predicted molar refractivity (Wildman–Crippen MR) is 56.2 cm³/mol. The molecule has 0 aliphatic heterocycles. The maximum absolute atomic E-state index is 5.04. The van der Waals surface area contributed by atoms with Gasteiger partial charge < -0.3 is 4.57 Å². The molecule has 0 spiro atoms. The van der Waals surface area contributed by atoms with Crippen LogP contribution in [-0.2, 0) is 13.5 Å². The van der Waals surface area contributed by atoms with Gasteiger partial charge in [0, 0.05) is 13.5 Å². The Morgan fingerprint density at radius 2 is 2.15 bits per heavy atom. The van der Waals surface area contributed by atoms with Gasteiger partial charge in [-0.25, -0.2) is 0 Å². The van der Waals surface area contributed by atoms with Crippen molar-refractivity contribution in [2.75, 3.05) is 0 Å². The third kappa shape index (κ3) is 2.40. The van der Waals surface area contributed by atoms with Gasteiger partial charge >= 0.3 is 0 Å². The number of nitrogens with zero attached hydrogens (tertiary/aromatic N) is 2. The van der Waals surface area contributed by atoms with Crippen molar-refractivity contribution in [3.05, 3.63) is 10.6 Å². The monoisotopic (exact) mass is 199 g/mol. The highest BCUT2D eigenvalue weighted by Crippen LogP contribution is 2.24. The SMILES string of the molecule is CCC(C)(C)Cc1n[nH]c(=S)n1C. The second kappa shape index (κ2) is 3.62. The van der Waals surface area contributed by atoms with Crippen molar-refractivity contribution >= 4 is 12.2 Å². The van der Waals surface area contributed by atoms with Crippen LogP contribution in [0.3, 0.4) is 0 Å². The molecule has 0 aromatic carbocycles. The quantitative estimate of drug-likeness (QED) is 0.759. The zero-order valence-electron chi connectivity index (χ0n) is 8.72. The standard InChI is InChI=1S/C9H17N3S/c1-5-9(2,3)6-7-10-11-8(13)12(7)4/h5-6H2,1-4H3,(H,11,13). The molecule has 1 aromatic rings. The van der Waals surface area contributed by atoms with E-state index in [1.807, 2.05) is 11.6 Å². The number of aromatic nitrogens is 3. The summed E-state index contributed by atoms with van der Waals surface area (Å²) in [4.78, 5) is 0. The van der Waals surface area contributed by atoms with Crippen LogP contribution in [0.4, 0.5) is 0 Å². The highest BCUT2D eigenvalue weighted by molar-refractivity contribution is 7.71. The average molecular weight is 199 g/mol. The maximum atomic E-state index is 5.04. The molecule has 0 saturated carbocycles. The Bertz CT molecular complexity index is 335. The van der Waals surface area contributed by atoms with Gasteiger partial charge in [0.2, 0.25) is 0 Å². The summed E-state index contributed by atoms with van der Waals surface area (Å²) < 4.78 is 2.63. The van der Waals surface area contributed by atoms with E-state index in [4.69, 9.17) is 12.2 Å². The summed E-state index contributed by atoms with van der Waals surface area (Å²) in [5.41, 5.74) is 0.300. The van der Waals surface area contributed by atoms with E-state index in [1.165, 1.54) is 0 Å². The summed E-state index contributed by atoms with van der Waals surface area (Å²) in [5, 5.41) is 6.99. The highest BCUT2D eigenvalue weighted by Gasteiger charge is 2.18. The molecule has 0 aliphatic carbocycles. The molecule has 1 heterocycles. The Balaban J connectivity index is 2.86. The van der Waals surface area contributed by atoms with Crippen LogP contribution in [0.15, 0.2) is 0 Å². The molecule has 74 valence electrons. The topological polar surface area (TPSA) is 33.6 Å². The van der Waals surface area contributed by atoms with Gasteiger partial charge in [0.15, 0.2) is 4.77 Å². The van der Waals surface area contributed by atoms with Crippen LogP contribution in [0.5, 0.6) is 0 Å². The van der Waals surface area contributed by atoms with Crippen molar-refractivity contribution in [3.8, 4) is 0 Å². The van der Waals surface area contributed by atoms with Crippen molar-refractivity contribution in [1.29, 1.82) is 0 Å². The molecule has 1 aromatic heterocycles. The predicted octanol–water partition coefficient (Wildman–Crippen LogP) is 2.46. The molecule has 4 heteroatoms. The van der Waals surface area contributed by atoms with Gasteiger partial charge in [0.25, 0.3) is 0 Å². The lowest BCUT2D eigenvalue weighted by Crippen LogP contribution is -2.16. The van der Waals surface area contributed by atoms with Crippen LogP contribution in [0, 0.1) is 10.2 Å². The van der Waals surface area contributed by atoms with Crippen molar-refractivity contribution < 1.29 is 0 Å². The fourth-order valence-corrected chi connectivity index (χ4v) is 1.24. The van der Waals surface area contributed by atoms with E-state index in [0.717, 1.165) is 18.7 Å². The van der Waals surface area contributed by atoms with Gasteiger partial charge in [-0.15, -0.1) is 0 Å². The average Bonchev–Trinajstić information content (AvgIpc) is 2.36. The normalized spacial score (nSPS) is 12.0. The molecule has 1 N–H and O–H groups in total. The lowest BCUT2D eigenvalue weighted by molar-refractivity contribution is 0.337. The van der Waals surface area contributed by atoms with Crippen LogP contribution >= 0.6 is 12.2 Å². The Kier molecular flexibility index (Phi) is 2.91. The summed E-state index contributed by atoms with van der Waals surface area (Å²) in [5.74, 6) is 1.04. The van der Waals surface area contributed by atoms with E-state index >= 15 is 0 Å². The number of aromatic amines is 1. The number of hydrogen-bond donors (Lipinski definition) is 1. The minimum atomic E-state index is 0.300. The Morgan fingerprint density at radius 3 is 2.54 bits per heavy atom. The van der Waals surface area contributed by atoms with Gasteiger partial charge in [-0.05, 0) is 17.6 Å².